The van der Waals surface area contributed by atoms with E-state index < -0.39 is 11.0 Å². The zero-order valence-electron chi connectivity index (χ0n) is 15.4. The lowest BCUT2D eigenvalue weighted by Gasteiger charge is -2.47. The summed E-state index contributed by atoms with van der Waals surface area (Å²) in [6.45, 7) is 7.00. The summed E-state index contributed by atoms with van der Waals surface area (Å²) in [7, 11) is 0. The second kappa shape index (κ2) is 6.71. The summed E-state index contributed by atoms with van der Waals surface area (Å²) < 4.78 is 6.02. The number of hydrogen-bond donors (Lipinski definition) is 1. The molecule has 1 aliphatic carbocycles. The molecule has 5 nitrogen and oxygen atoms in total. The van der Waals surface area contributed by atoms with Gasteiger partial charge in [-0.1, -0.05) is 37.6 Å². The van der Waals surface area contributed by atoms with E-state index in [9.17, 15) is 9.59 Å². The fraction of sp³-hybridized carbons (Fsp3) is 0.500. The number of ether oxygens (including phenoxy) is 1. The summed E-state index contributed by atoms with van der Waals surface area (Å²) in [5.74, 6) is -0.302. The lowest BCUT2D eigenvalue weighted by molar-refractivity contribution is -0.152. The van der Waals surface area contributed by atoms with Crippen molar-refractivity contribution in [3.8, 4) is 0 Å². The van der Waals surface area contributed by atoms with Gasteiger partial charge >= 0.3 is 0 Å². The molecule has 1 spiro atoms. The van der Waals surface area contributed by atoms with Crippen LogP contribution in [0.3, 0.4) is 0 Å². The van der Waals surface area contributed by atoms with Gasteiger partial charge in [0.2, 0.25) is 5.91 Å². The van der Waals surface area contributed by atoms with Gasteiger partial charge in [0.25, 0.3) is 0 Å². The molecule has 1 aliphatic heterocycles. The van der Waals surface area contributed by atoms with E-state index in [1.165, 1.54) is 0 Å². The Morgan fingerprint density at radius 2 is 1.96 bits per heavy atom. The topological polar surface area (TPSA) is 72.6 Å². The van der Waals surface area contributed by atoms with Crippen LogP contribution in [-0.2, 0) is 14.3 Å². The number of carbonyl (C=O) groups excluding carboxylic acids is 2. The van der Waals surface area contributed by atoms with Crippen LogP contribution < -0.4 is 5.73 Å². The molecule has 1 aromatic rings. The summed E-state index contributed by atoms with van der Waals surface area (Å²) in [4.78, 5) is 27.1. The van der Waals surface area contributed by atoms with E-state index in [4.69, 9.17) is 22.1 Å². The van der Waals surface area contributed by atoms with Gasteiger partial charge < -0.3 is 15.4 Å². The number of nitrogens with two attached hydrogens (primary N) is 1. The SMILES string of the molecule is CC(C(=O)N1CCOC2(C=C(N)C(=O)C(C)(C)C2)C1)c1ccc(Cl)cc1. The van der Waals surface area contributed by atoms with Crippen molar-refractivity contribution >= 4 is 23.3 Å². The molecule has 0 saturated carbocycles. The molecule has 0 radical (unpaired) electrons. The van der Waals surface area contributed by atoms with Crippen molar-refractivity contribution in [2.24, 2.45) is 11.1 Å². The minimum Gasteiger partial charge on any atom is -0.396 e. The highest BCUT2D eigenvalue weighted by Gasteiger charge is 2.48. The fourth-order valence-corrected chi connectivity index (χ4v) is 4.10. The van der Waals surface area contributed by atoms with Crippen LogP contribution in [0.25, 0.3) is 0 Å². The smallest absolute Gasteiger partial charge is 0.230 e. The van der Waals surface area contributed by atoms with E-state index >= 15 is 0 Å². The maximum absolute atomic E-state index is 13.0. The molecule has 1 fully saturated rings. The van der Waals surface area contributed by atoms with Crippen molar-refractivity contribution in [2.75, 3.05) is 19.7 Å². The number of ketones is 1. The van der Waals surface area contributed by atoms with Gasteiger partial charge in [0, 0.05) is 17.0 Å². The van der Waals surface area contributed by atoms with Gasteiger partial charge in [-0.2, -0.15) is 0 Å². The molecule has 140 valence electrons. The highest BCUT2D eigenvalue weighted by Crippen LogP contribution is 2.40. The van der Waals surface area contributed by atoms with Crippen LogP contribution in [0, 0.1) is 5.41 Å². The maximum atomic E-state index is 13.0. The highest BCUT2D eigenvalue weighted by atomic mass is 35.5. The third-order valence-electron chi connectivity index (χ3n) is 5.30. The third-order valence-corrected chi connectivity index (χ3v) is 5.55. The van der Waals surface area contributed by atoms with Gasteiger partial charge in [-0.25, -0.2) is 0 Å². The fourth-order valence-electron chi connectivity index (χ4n) is 3.98. The van der Waals surface area contributed by atoms with Crippen molar-refractivity contribution in [2.45, 2.75) is 38.7 Å². The first-order chi connectivity index (χ1) is 12.1. The lowest BCUT2D eigenvalue weighted by atomic mass is 9.71. The number of nitrogens with zero attached hydrogens (tertiary/aromatic N) is 1. The van der Waals surface area contributed by atoms with E-state index in [1.54, 1.807) is 18.2 Å². The van der Waals surface area contributed by atoms with Gasteiger partial charge in [0.05, 0.1) is 24.8 Å². The van der Waals surface area contributed by atoms with Crippen LogP contribution in [0.1, 0.15) is 38.7 Å². The van der Waals surface area contributed by atoms with Crippen LogP contribution in [0.4, 0.5) is 0 Å². The first-order valence-electron chi connectivity index (χ1n) is 8.85. The Labute approximate surface area is 159 Å². The van der Waals surface area contributed by atoms with Crippen LogP contribution in [0.15, 0.2) is 36.0 Å². The molecule has 2 atom stereocenters. The molecule has 1 amide bonds. The molecule has 2 N–H and O–H groups in total. The van der Waals surface area contributed by atoms with E-state index in [0.29, 0.717) is 31.1 Å². The minimum atomic E-state index is -0.699. The van der Waals surface area contributed by atoms with Gasteiger partial charge in [0.15, 0.2) is 5.78 Å². The number of carbonyl (C=O) groups is 2. The molecule has 1 saturated heterocycles. The molecule has 3 rings (SSSR count). The highest BCUT2D eigenvalue weighted by molar-refractivity contribution is 6.30. The molecule has 1 aromatic carbocycles. The van der Waals surface area contributed by atoms with E-state index in [0.717, 1.165) is 5.56 Å². The molecule has 1 heterocycles. The average molecular weight is 377 g/mol. The Hall–Kier alpha value is -1.85. The predicted octanol–water partition coefficient (Wildman–Crippen LogP) is 2.88. The number of Topliss-reactive ketones (excluding diaryl/α,β-unsaturated/α-hetero) is 1. The van der Waals surface area contributed by atoms with Crippen LogP contribution >= 0.6 is 11.6 Å². The van der Waals surface area contributed by atoms with E-state index in [-0.39, 0.29) is 23.3 Å². The first-order valence-corrected chi connectivity index (χ1v) is 9.23. The monoisotopic (exact) mass is 376 g/mol. The van der Waals surface area contributed by atoms with Gasteiger partial charge in [0.1, 0.15) is 5.60 Å². The maximum Gasteiger partial charge on any atom is 0.230 e. The quantitative estimate of drug-likeness (QED) is 0.861. The molecule has 2 unspecified atom stereocenters. The Morgan fingerprint density at radius 3 is 2.58 bits per heavy atom. The van der Waals surface area contributed by atoms with Crippen molar-refractivity contribution in [1.82, 2.24) is 4.90 Å². The number of morpholine rings is 1. The number of allylic oxidation sites excluding steroid dienone is 1. The number of rotatable bonds is 2. The third kappa shape index (κ3) is 3.51. The Bertz CT molecular complexity index is 757. The summed E-state index contributed by atoms with van der Waals surface area (Å²) in [5.41, 5.74) is 5.81. The van der Waals surface area contributed by atoms with Crippen LogP contribution in [0.2, 0.25) is 5.02 Å². The van der Waals surface area contributed by atoms with E-state index in [2.05, 4.69) is 0 Å². The second-order valence-electron chi connectivity index (χ2n) is 7.94. The zero-order valence-corrected chi connectivity index (χ0v) is 16.2. The molecule has 26 heavy (non-hydrogen) atoms. The molecule has 0 aromatic heterocycles. The van der Waals surface area contributed by atoms with Gasteiger partial charge in [-0.15, -0.1) is 0 Å². The van der Waals surface area contributed by atoms with Crippen molar-refractivity contribution < 1.29 is 14.3 Å². The van der Waals surface area contributed by atoms with Gasteiger partial charge in [-0.05, 0) is 37.1 Å². The standard InChI is InChI=1S/C20H25ClN2O3/c1-13(14-4-6-15(21)7-5-14)18(25)23-8-9-26-20(12-23)10-16(22)17(24)19(2,3)11-20/h4-7,10,13H,8-9,11-12,22H2,1-3H3. The Kier molecular flexibility index (Phi) is 4.88. The largest absolute Gasteiger partial charge is 0.396 e. The summed E-state index contributed by atoms with van der Waals surface area (Å²) >= 11 is 5.94. The summed E-state index contributed by atoms with van der Waals surface area (Å²) in [6, 6.07) is 7.34. The Morgan fingerprint density at radius 1 is 1.31 bits per heavy atom. The number of benzene rings is 1. The normalized spacial score (nSPS) is 26.5. The number of amides is 1. The van der Waals surface area contributed by atoms with Crippen molar-refractivity contribution in [3.05, 3.63) is 46.6 Å². The van der Waals surface area contributed by atoms with Crippen LogP contribution in [-0.4, -0.2) is 41.9 Å². The molecular formula is C20H25ClN2O3. The molecule has 0 bridgehead atoms. The zero-order chi connectivity index (χ0) is 19.1. The summed E-state index contributed by atoms with van der Waals surface area (Å²) in [5, 5.41) is 0.647. The van der Waals surface area contributed by atoms with Gasteiger partial charge in [-0.3, -0.25) is 9.59 Å². The molecule has 2 aliphatic rings. The number of hydrogen-bond acceptors (Lipinski definition) is 4. The Balaban J connectivity index is 1.81. The van der Waals surface area contributed by atoms with Crippen molar-refractivity contribution in [3.63, 3.8) is 0 Å². The molecular weight excluding hydrogens is 352 g/mol. The van der Waals surface area contributed by atoms with E-state index in [1.807, 2.05) is 37.8 Å². The average Bonchev–Trinajstić information content (AvgIpc) is 2.59. The number of halogens is 1. The molecule has 6 heteroatoms. The predicted molar refractivity (Wildman–Crippen MR) is 101 cm³/mol. The second-order valence-corrected chi connectivity index (χ2v) is 8.37. The summed E-state index contributed by atoms with van der Waals surface area (Å²) in [6.07, 6.45) is 2.21. The minimum absolute atomic E-state index is 0.0386. The lowest BCUT2D eigenvalue weighted by Crippen LogP contribution is -2.58. The van der Waals surface area contributed by atoms with Crippen molar-refractivity contribution in [1.29, 1.82) is 0 Å². The van der Waals surface area contributed by atoms with Crippen LogP contribution in [0.5, 0.6) is 0 Å². The first kappa shape index (κ1) is 18.9.